The maximum Gasteiger partial charge on any atom is 0.310 e. The molecule has 0 aromatic heterocycles. The van der Waals surface area contributed by atoms with Crippen LogP contribution < -0.4 is 0 Å². The molecule has 1 aromatic carbocycles. The molecule has 0 unspecified atom stereocenters. The van der Waals surface area contributed by atoms with Crippen LogP contribution in [0.4, 0.5) is 10.1 Å². The van der Waals surface area contributed by atoms with Crippen LogP contribution in [-0.4, -0.2) is 17.5 Å². The van der Waals surface area contributed by atoms with Gasteiger partial charge in [-0.25, -0.2) is 4.39 Å². The standard InChI is InChI=1S/C10H9BrFNO4/c1-2-17-10(14)4-6-3-9(13(15)16)7(11)5-8(6)12/h3,5H,2,4H2,1H3. The number of halogens is 2. The predicted molar refractivity (Wildman–Crippen MR) is 61.1 cm³/mol. The SMILES string of the molecule is CCOC(=O)Cc1cc([N+](=O)[O-])c(Br)cc1F. The van der Waals surface area contributed by atoms with Crippen molar-refractivity contribution < 1.29 is 18.8 Å². The number of carbonyl (C=O) groups excluding carboxylic acids is 1. The number of nitro groups is 1. The smallest absolute Gasteiger partial charge is 0.310 e. The van der Waals surface area contributed by atoms with Gasteiger partial charge in [0, 0.05) is 11.6 Å². The van der Waals surface area contributed by atoms with Crippen molar-refractivity contribution in [3.63, 3.8) is 0 Å². The van der Waals surface area contributed by atoms with Gasteiger partial charge in [0.05, 0.1) is 22.4 Å². The van der Waals surface area contributed by atoms with Crippen molar-refractivity contribution in [3.8, 4) is 0 Å². The van der Waals surface area contributed by atoms with E-state index in [2.05, 4.69) is 20.7 Å². The van der Waals surface area contributed by atoms with Crippen LogP contribution in [0.1, 0.15) is 12.5 Å². The largest absolute Gasteiger partial charge is 0.466 e. The van der Waals surface area contributed by atoms with Gasteiger partial charge in [0.1, 0.15) is 5.82 Å². The first kappa shape index (κ1) is 13.6. The molecule has 0 fully saturated rings. The Morgan fingerprint density at radius 2 is 2.24 bits per heavy atom. The lowest BCUT2D eigenvalue weighted by Gasteiger charge is -2.04. The van der Waals surface area contributed by atoms with E-state index in [1.165, 1.54) is 0 Å². The van der Waals surface area contributed by atoms with Crippen molar-refractivity contribution in [1.29, 1.82) is 0 Å². The van der Waals surface area contributed by atoms with E-state index in [1.807, 2.05) is 0 Å². The van der Waals surface area contributed by atoms with Crippen LogP contribution in [0.5, 0.6) is 0 Å². The van der Waals surface area contributed by atoms with E-state index >= 15 is 0 Å². The van der Waals surface area contributed by atoms with Crippen molar-refractivity contribution in [1.82, 2.24) is 0 Å². The van der Waals surface area contributed by atoms with E-state index in [0.717, 1.165) is 12.1 Å². The molecule has 5 nitrogen and oxygen atoms in total. The van der Waals surface area contributed by atoms with Crippen LogP contribution in [0.15, 0.2) is 16.6 Å². The van der Waals surface area contributed by atoms with E-state index < -0.39 is 16.7 Å². The first-order chi connectivity index (χ1) is 7.95. The third-order valence-electron chi connectivity index (χ3n) is 1.95. The Labute approximate surface area is 105 Å². The van der Waals surface area contributed by atoms with E-state index in [0.29, 0.717) is 0 Å². The summed E-state index contributed by atoms with van der Waals surface area (Å²) in [6, 6.07) is 1.99. The lowest BCUT2D eigenvalue weighted by atomic mass is 10.1. The molecule has 0 atom stereocenters. The van der Waals surface area contributed by atoms with Crippen molar-refractivity contribution in [2.24, 2.45) is 0 Å². The Kier molecular flexibility index (Phi) is 4.56. The molecule has 0 bridgehead atoms. The molecule has 17 heavy (non-hydrogen) atoms. The van der Waals surface area contributed by atoms with Gasteiger partial charge < -0.3 is 4.74 Å². The maximum absolute atomic E-state index is 13.4. The summed E-state index contributed by atoms with van der Waals surface area (Å²) in [5.41, 5.74) is -0.343. The van der Waals surface area contributed by atoms with Crippen LogP contribution in [0.25, 0.3) is 0 Å². The van der Waals surface area contributed by atoms with Crippen LogP contribution >= 0.6 is 15.9 Å². The second kappa shape index (κ2) is 5.72. The summed E-state index contributed by atoms with van der Waals surface area (Å²) >= 11 is 2.88. The van der Waals surface area contributed by atoms with E-state index in [9.17, 15) is 19.3 Å². The summed E-state index contributed by atoms with van der Waals surface area (Å²) < 4.78 is 18.1. The summed E-state index contributed by atoms with van der Waals surface area (Å²) in [5.74, 6) is -1.31. The normalized spacial score (nSPS) is 10.1. The molecular formula is C10H9BrFNO4. The fourth-order valence-electron chi connectivity index (χ4n) is 1.22. The number of esters is 1. The predicted octanol–water partition coefficient (Wildman–Crippen LogP) is 2.60. The zero-order chi connectivity index (χ0) is 13.0. The van der Waals surface area contributed by atoms with Gasteiger partial charge in [0.15, 0.2) is 0 Å². The Morgan fingerprint density at radius 3 is 2.76 bits per heavy atom. The minimum absolute atomic E-state index is 0.0348. The molecule has 7 heteroatoms. The Hall–Kier alpha value is -1.50. The number of hydrogen-bond acceptors (Lipinski definition) is 4. The molecule has 0 spiro atoms. The first-order valence-corrected chi connectivity index (χ1v) is 5.53. The molecule has 0 saturated carbocycles. The molecule has 0 saturated heterocycles. The fourth-order valence-corrected chi connectivity index (χ4v) is 1.68. The van der Waals surface area contributed by atoms with Gasteiger partial charge in [-0.2, -0.15) is 0 Å². The van der Waals surface area contributed by atoms with E-state index in [4.69, 9.17) is 0 Å². The molecule has 0 radical (unpaired) electrons. The molecule has 0 aliphatic rings. The monoisotopic (exact) mass is 305 g/mol. The number of nitrogens with zero attached hydrogens (tertiary/aromatic N) is 1. The summed E-state index contributed by atoms with van der Waals surface area (Å²) in [6.07, 6.45) is -0.326. The van der Waals surface area contributed by atoms with Crippen molar-refractivity contribution in [2.45, 2.75) is 13.3 Å². The number of nitro benzene ring substituents is 1. The molecule has 92 valence electrons. The average Bonchev–Trinajstić information content (AvgIpc) is 2.21. The van der Waals surface area contributed by atoms with Crippen molar-refractivity contribution in [2.75, 3.05) is 6.61 Å². The molecule has 1 rings (SSSR count). The highest BCUT2D eigenvalue weighted by atomic mass is 79.9. The summed E-state index contributed by atoms with van der Waals surface area (Å²) in [5, 5.41) is 10.6. The topological polar surface area (TPSA) is 69.4 Å². The van der Waals surface area contributed by atoms with Crippen molar-refractivity contribution >= 4 is 27.6 Å². The van der Waals surface area contributed by atoms with Crippen molar-refractivity contribution in [3.05, 3.63) is 38.1 Å². The fraction of sp³-hybridized carbons (Fsp3) is 0.300. The number of hydrogen-bond donors (Lipinski definition) is 0. The Balaban J connectivity index is 3.03. The van der Waals surface area contributed by atoms with Gasteiger partial charge in [-0.1, -0.05) is 0 Å². The van der Waals surface area contributed by atoms with Gasteiger partial charge in [-0.3, -0.25) is 14.9 Å². The second-order valence-corrected chi connectivity index (χ2v) is 3.99. The molecule has 0 aliphatic heterocycles. The van der Waals surface area contributed by atoms with Gasteiger partial charge in [0.25, 0.3) is 5.69 Å². The quantitative estimate of drug-likeness (QED) is 0.487. The summed E-state index contributed by atoms with van der Waals surface area (Å²) in [7, 11) is 0. The molecular weight excluding hydrogens is 297 g/mol. The zero-order valence-corrected chi connectivity index (χ0v) is 10.5. The highest BCUT2D eigenvalue weighted by molar-refractivity contribution is 9.10. The third kappa shape index (κ3) is 3.48. The van der Waals surface area contributed by atoms with E-state index in [1.54, 1.807) is 6.92 Å². The molecule has 0 amide bonds. The highest BCUT2D eigenvalue weighted by Gasteiger charge is 2.18. The number of benzene rings is 1. The number of carbonyl (C=O) groups is 1. The molecule has 0 heterocycles. The minimum atomic E-state index is -0.685. The Bertz CT molecular complexity index is 464. The average molecular weight is 306 g/mol. The molecule has 0 N–H and O–H groups in total. The van der Waals surface area contributed by atoms with E-state index in [-0.39, 0.29) is 28.8 Å². The van der Waals surface area contributed by atoms with Crippen LogP contribution in [0.3, 0.4) is 0 Å². The summed E-state index contributed by atoms with van der Waals surface area (Å²) in [6.45, 7) is 1.80. The lowest BCUT2D eigenvalue weighted by molar-refractivity contribution is -0.385. The van der Waals surface area contributed by atoms with Crippen LogP contribution in [-0.2, 0) is 16.0 Å². The first-order valence-electron chi connectivity index (χ1n) is 4.73. The zero-order valence-electron chi connectivity index (χ0n) is 8.91. The Morgan fingerprint density at radius 1 is 1.59 bits per heavy atom. The minimum Gasteiger partial charge on any atom is -0.466 e. The molecule has 1 aromatic rings. The lowest BCUT2D eigenvalue weighted by Crippen LogP contribution is -2.09. The van der Waals surface area contributed by atoms with Gasteiger partial charge in [-0.15, -0.1) is 0 Å². The van der Waals surface area contributed by atoms with Gasteiger partial charge in [0.2, 0.25) is 0 Å². The van der Waals surface area contributed by atoms with Crippen LogP contribution in [0.2, 0.25) is 0 Å². The van der Waals surface area contributed by atoms with Crippen LogP contribution in [0, 0.1) is 15.9 Å². The summed E-state index contributed by atoms with van der Waals surface area (Å²) in [4.78, 5) is 21.1. The maximum atomic E-state index is 13.4. The third-order valence-corrected chi connectivity index (χ3v) is 2.59. The van der Waals surface area contributed by atoms with Gasteiger partial charge >= 0.3 is 5.97 Å². The highest BCUT2D eigenvalue weighted by Crippen LogP contribution is 2.28. The number of rotatable bonds is 4. The van der Waals surface area contributed by atoms with Gasteiger partial charge in [-0.05, 0) is 28.9 Å². The second-order valence-electron chi connectivity index (χ2n) is 3.13. The number of ether oxygens (including phenoxy) is 1. The molecule has 0 aliphatic carbocycles.